The largest absolute Gasteiger partial charge is 0.481 e. The molecule has 0 saturated carbocycles. The summed E-state index contributed by atoms with van der Waals surface area (Å²) in [6, 6.07) is 9.91. The summed E-state index contributed by atoms with van der Waals surface area (Å²) in [7, 11) is 0. The molecule has 1 aromatic carbocycles. The third-order valence-electron chi connectivity index (χ3n) is 3.03. The maximum absolute atomic E-state index is 11.8. The summed E-state index contributed by atoms with van der Waals surface area (Å²) in [5.74, 6) is -0.889. The van der Waals surface area contributed by atoms with Crippen LogP contribution in [0, 0.1) is 0 Å². The van der Waals surface area contributed by atoms with Gasteiger partial charge >= 0.3 is 12.0 Å². The predicted octanol–water partition coefficient (Wildman–Crippen LogP) is 2.13. The lowest BCUT2D eigenvalue weighted by Crippen LogP contribution is -2.41. The number of benzene rings is 1. The number of carbonyl (C=O) groups is 2. The number of carboxylic acid groups (broad SMARTS) is 1. The number of aliphatic carboxylic acids is 1. The lowest BCUT2D eigenvalue weighted by atomic mass is 10.1. The number of rotatable bonds is 8. The normalized spacial score (nSPS) is 10.1. The molecule has 2 amide bonds. The molecule has 0 heterocycles. The molecule has 0 aromatic heterocycles. The van der Waals surface area contributed by atoms with Crippen LogP contribution in [0.4, 0.5) is 4.79 Å². The third-order valence-corrected chi connectivity index (χ3v) is 3.03. The maximum atomic E-state index is 11.8. The van der Waals surface area contributed by atoms with Crippen molar-refractivity contribution in [1.29, 1.82) is 0 Å². The second-order valence-electron chi connectivity index (χ2n) is 4.54. The Kier molecular flexibility index (Phi) is 7.17. The van der Waals surface area contributed by atoms with E-state index >= 15 is 0 Å². The molecule has 0 aliphatic carbocycles. The average molecular weight is 278 g/mol. The highest BCUT2D eigenvalue weighted by molar-refractivity contribution is 5.75. The Balaban J connectivity index is 2.22. The summed E-state index contributed by atoms with van der Waals surface area (Å²) < 4.78 is 0. The molecule has 20 heavy (non-hydrogen) atoms. The molecule has 5 nitrogen and oxygen atoms in total. The number of carbonyl (C=O) groups excluding carboxylic acids is 1. The van der Waals surface area contributed by atoms with E-state index < -0.39 is 5.97 Å². The highest BCUT2D eigenvalue weighted by Gasteiger charge is 2.11. The number of hydrogen-bond acceptors (Lipinski definition) is 2. The van der Waals surface area contributed by atoms with Gasteiger partial charge in [-0.1, -0.05) is 30.3 Å². The summed E-state index contributed by atoms with van der Waals surface area (Å²) in [6.07, 6.45) is 1.76. The van der Waals surface area contributed by atoms with Crippen molar-refractivity contribution in [3.8, 4) is 0 Å². The average Bonchev–Trinajstić information content (AvgIpc) is 2.45. The SMILES string of the molecule is CCN(CCC(=O)O)C(=O)NCCCc1ccccc1. The second kappa shape index (κ2) is 8.96. The van der Waals surface area contributed by atoms with Crippen LogP contribution in [0.25, 0.3) is 0 Å². The molecular formula is C15H22N2O3. The summed E-state index contributed by atoms with van der Waals surface area (Å²) >= 11 is 0. The van der Waals surface area contributed by atoms with Crippen LogP contribution in [-0.4, -0.2) is 41.6 Å². The number of nitrogens with zero attached hydrogens (tertiary/aromatic N) is 1. The summed E-state index contributed by atoms with van der Waals surface area (Å²) in [6.45, 7) is 3.19. The van der Waals surface area contributed by atoms with Crippen molar-refractivity contribution in [2.75, 3.05) is 19.6 Å². The second-order valence-corrected chi connectivity index (χ2v) is 4.54. The lowest BCUT2D eigenvalue weighted by Gasteiger charge is -2.20. The lowest BCUT2D eigenvalue weighted by molar-refractivity contribution is -0.137. The van der Waals surface area contributed by atoms with Crippen molar-refractivity contribution in [2.24, 2.45) is 0 Å². The van der Waals surface area contributed by atoms with Crippen molar-refractivity contribution >= 4 is 12.0 Å². The molecule has 5 heteroatoms. The quantitative estimate of drug-likeness (QED) is 0.716. The zero-order valence-electron chi connectivity index (χ0n) is 11.8. The first-order chi connectivity index (χ1) is 9.63. The summed E-state index contributed by atoms with van der Waals surface area (Å²) in [5, 5.41) is 11.4. The molecule has 110 valence electrons. The standard InChI is InChI=1S/C15H22N2O3/c1-2-17(12-10-14(18)19)15(20)16-11-6-9-13-7-4-3-5-8-13/h3-5,7-8H,2,6,9-12H2,1H3,(H,16,20)(H,18,19). The highest BCUT2D eigenvalue weighted by Crippen LogP contribution is 2.01. The van der Waals surface area contributed by atoms with E-state index in [0.29, 0.717) is 13.1 Å². The van der Waals surface area contributed by atoms with Gasteiger partial charge in [0.15, 0.2) is 0 Å². The maximum Gasteiger partial charge on any atom is 0.317 e. The van der Waals surface area contributed by atoms with Crippen LogP contribution in [0.2, 0.25) is 0 Å². The molecule has 1 rings (SSSR count). The monoisotopic (exact) mass is 278 g/mol. The molecule has 0 atom stereocenters. The van der Waals surface area contributed by atoms with Crippen molar-refractivity contribution in [3.63, 3.8) is 0 Å². The van der Waals surface area contributed by atoms with E-state index in [1.54, 1.807) is 0 Å². The molecule has 0 bridgehead atoms. The number of aryl methyl sites for hydroxylation is 1. The van der Waals surface area contributed by atoms with Gasteiger partial charge < -0.3 is 15.3 Å². The molecular weight excluding hydrogens is 256 g/mol. The summed E-state index contributed by atoms with van der Waals surface area (Å²) in [4.78, 5) is 23.8. The Morgan fingerprint density at radius 3 is 2.55 bits per heavy atom. The minimum Gasteiger partial charge on any atom is -0.481 e. The van der Waals surface area contributed by atoms with Crippen molar-refractivity contribution in [1.82, 2.24) is 10.2 Å². The molecule has 0 fully saturated rings. The van der Waals surface area contributed by atoms with Crippen molar-refractivity contribution in [2.45, 2.75) is 26.2 Å². The number of urea groups is 1. The third kappa shape index (κ3) is 6.22. The minimum atomic E-state index is -0.889. The zero-order chi connectivity index (χ0) is 14.8. The van der Waals surface area contributed by atoms with E-state index in [2.05, 4.69) is 17.4 Å². The van der Waals surface area contributed by atoms with E-state index in [9.17, 15) is 9.59 Å². The van der Waals surface area contributed by atoms with Crippen LogP contribution in [-0.2, 0) is 11.2 Å². The Morgan fingerprint density at radius 1 is 1.25 bits per heavy atom. The molecule has 1 aromatic rings. The first-order valence-corrected chi connectivity index (χ1v) is 6.92. The number of carboxylic acids is 1. The fraction of sp³-hybridized carbons (Fsp3) is 0.467. The highest BCUT2D eigenvalue weighted by atomic mass is 16.4. The van der Waals surface area contributed by atoms with Crippen molar-refractivity contribution in [3.05, 3.63) is 35.9 Å². The Labute approximate surface area is 119 Å². The molecule has 0 saturated heterocycles. The smallest absolute Gasteiger partial charge is 0.317 e. The van der Waals surface area contributed by atoms with Crippen molar-refractivity contribution < 1.29 is 14.7 Å². The van der Waals surface area contributed by atoms with Gasteiger partial charge in [0.2, 0.25) is 0 Å². The molecule has 0 aliphatic heterocycles. The van der Waals surface area contributed by atoms with Crippen LogP contribution < -0.4 is 5.32 Å². The first kappa shape index (κ1) is 16.0. The molecule has 0 radical (unpaired) electrons. The van der Waals surface area contributed by atoms with E-state index in [4.69, 9.17) is 5.11 Å². The van der Waals surface area contributed by atoms with E-state index in [-0.39, 0.29) is 19.0 Å². The number of amides is 2. The molecule has 0 aliphatic rings. The van der Waals surface area contributed by atoms with Gasteiger partial charge in [-0.2, -0.15) is 0 Å². The van der Waals surface area contributed by atoms with Gasteiger partial charge in [0.05, 0.1) is 6.42 Å². The minimum absolute atomic E-state index is 0.0225. The zero-order valence-corrected chi connectivity index (χ0v) is 11.8. The van der Waals surface area contributed by atoms with Gasteiger partial charge in [0.25, 0.3) is 0 Å². The fourth-order valence-electron chi connectivity index (χ4n) is 1.88. The molecule has 0 spiro atoms. The van der Waals surface area contributed by atoms with E-state index in [1.165, 1.54) is 10.5 Å². The Hall–Kier alpha value is -2.04. The Morgan fingerprint density at radius 2 is 1.95 bits per heavy atom. The van der Waals surface area contributed by atoms with Crippen LogP contribution in [0.5, 0.6) is 0 Å². The van der Waals surface area contributed by atoms with Gasteiger partial charge in [0.1, 0.15) is 0 Å². The van der Waals surface area contributed by atoms with Gasteiger partial charge in [-0.25, -0.2) is 4.79 Å². The molecule has 2 N–H and O–H groups in total. The van der Waals surface area contributed by atoms with Crippen LogP contribution in [0.15, 0.2) is 30.3 Å². The van der Waals surface area contributed by atoms with E-state index in [0.717, 1.165) is 12.8 Å². The first-order valence-electron chi connectivity index (χ1n) is 6.92. The van der Waals surface area contributed by atoms with Crippen LogP contribution in [0.3, 0.4) is 0 Å². The topological polar surface area (TPSA) is 69.6 Å². The van der Waals surface area contributed by atoms with Gasteiger partial charge in [-0.05, 0) is 25.3 Å². The van der Waals surface area contributed by atoms with E-state index in [1.807, 2.05) is 25.1 Å². The Bertz CT molecular complexity index is 420. The van der Waals surface area contributed by atoms with Gasteiger partial charge in [-0.15, -0.1) is 0 Å². The number of hydrogen-bond donors (Lipinski definition) is 2. The molecule has 0 unspecified atom stereocenters. The van der Waals surface area contributed by atoms with Gasteiger partial charge in [0, 0.05) is 19.6 Å². The summed E-state index contributed by atoms with van der Waals surface area (Å²) in [5.41, 5.74) is 1.25. The fourth-order valence-corrected chi connectivity index (χ4v) is 1.88. The number of nitrogens with one attached hydrogen (secondary N) is 1. The predicted molar refractivity (Wildman–Crippen MR) is 77.7 cm³/mol. The van der Waals surface area contributed by atoms with Crippen LogP contribution >= 0.6 is 0 Å². The van der Waals surface area contributed by atoms with Crippen LogP contribution in [0.1, 0.15) is 25.3 Å². The van der Waals surface area contributed by atoms with Gasteiger partial charge in [-0.3, -0.25) is 4.79 Å².